The zero-order valence-electron chi connectivity index (χ0n) is 11.2. The van der Waals surface area contributed by atoms with Crippen LogP contribution in [-0.4, -0.2) is 35.5 Å². The molecular formula is C15H20O4. The Morgan fingerprint density at radius 2 is 2.37 bits per heavy atom. The first-order valence-corrected chi connectivity index (χ1v) is 6.91. The summed E-state index contributed by atoms with van der Waals surface area (Å²) in [4.78, 5) is 11.7. The average Bonchev–Trinajstić information content (AvgIpc) is 2.97. The van der Waals surface area contributed by atoms with Crippen LogP contribution in [0, 0.1) is 5.92 Å². The summed E-state index contributed by atoms with van der Waals surface area (Å²) < 4.78 is 11.3. The lowest BCUT2D eigenvalue weighted by atomic mass is 9.84. The molecule has 1 aliphatic carbocycles. The van der Waals surface area contributed by atoms with Gasteiger partial charge in [0.15, 0.2) is 0 Å². The quantitative estimate of drug-likeness (QED) is 0.339. The number of aliphatic hydroxyl groups is 1. The van der Waals surface area contributed by atoms with E-state index in [0.717, 1.165) is 31.3 Å². The molecule has 2 saturated heterocycles. The molecule has 2 unspecified atom stereocenters. The first-order chi connectivity index (χ1) is 9.05. The van der Waals surface area contributed by atoms with Crippen LogP contribution < -0.4 is 0 Å². The van der Waals surface area contributed by atoms with Crippen molar-refractivity contribution in [1.82, 2.24) is 0 Å². The Morgan fingerprint density at radius 3 is 3.11 bits per heavy atom. The van der Waals surface area contributed by atoms with E-state index in [1.54, 1.807) is 0 Å². The van der Waals surface area contributed by atoms with Crippen LogP contribution in [0.5, 0.6) is 0 Å². The minimum absolute atomic E-state index is 0.00442. The molecule has 4 nitrogen and oxygen atoms in total. The van der Waals surface area contributed by atoms with Crippen molar-refractivity contribution < 1.29 is 19.4 Å². The van der Waals surface area contributed by atoms with Gasteiger partial charge in [-0.25, -0.2) is 4.79 Å². The lowest BCUT2D eigenvalue weighted by Gasteiger charge is -2.19. The van der Waals surface area contributed by atoms with Crippen LogP contribution in [0.2, 0.25) is 0 Å². The molecule has 0 aromatic carbocycles. The van der Waals surface area contributed by atoms with Crippen LogP contribution in [0.4, 0.5) is 0 Å². The predicted octanol–water partition coefficient (Wildman–Crippen LogP) is 1.73. The monoisotopic (exact) mass is 264 g/mol. The normalized spacial score (nSPS) is 44.7. The number of hydrogen-bond acceptors (Lipinski definition) is 4. The number of allylic oxidation sites excluding steroid dienone is 1. The fraction of sp³-hybridized carbons (Fsp3) is 0.667. The van der Waals surface area contributed by atoms with Crippen molar-refractivity contribution in [3.63, 3.8) is 0 Å². The van der Waals surface area contributed by atoms with Gasteiger partial charge in [-0.05, 0) is 38.2 Å². The van der Waals surface area contributed by atoms with Crippen LogP contribution in [0.15, 0.2) is 23.8 Å². The molecule has 0 amide bonds. The number of aliphatic hydroxyl groups excluding tert-OH is 1. The molecule has 0 radical (unpaired) electrons. The molecule has 104 valence electrons. The molecule has 2 heterocycles. The summed E-state index contributed by atoms with van der Waals surface area (Å²) in [5, 5.41) is 9.35. The predicted molar refractivity (Wildman–Crippen MR) is 69.4 cm³/mol. The van der Waals surface area contributed by atoms with Crippen LogP contribution in [0.1, 0.15) is 32.6 Å². The minimum Gasteiger partial charge on any atom is -0.455 e. The molecule has 2 fully saturated rings. The highest BCUT2D eigenvalue weighted by Gasteiger charge is 2.61. The number of carbonyl (C=O) groups excluding carboxylic acids is 1. The molecule has 4 heteroatoms. The highest BCUT2D eigenvalue weighted by atomic mass is 16.6. The third kappa shape index (κ3) is 2.13. The first kappa shape index (κ1) is 12.9. The van der Waals surface area contributed by atoms with Gasteiger partial charge in [-0.3, -0.25) is 0 Å². The summed E-state index contributed by atoms with van der Waals surface area (Å²) in [7, 11) is 0. The van der Waals surface area contributed by atoms with Crippen molar-refractivity contribution in [2.75, 3.05) is 6.61 Å². The van der Waals surface area contributed by atoms with Crippen molar-refractivity contribution in [2.24, 2.45) is 5.92 Å². The highest BCUT2D eigenvalue weighted by Crippen LogP contribution is 2.49. The van der Waals surface area contributed by atoms with Crippen molar-refractivity contribution in [2.45, 2.75) is 50.4 Å². The number of epoxide rings is 1. The van der Waals surface area contributed by atoms with E-state index in [-0.39, 0.29) is 36.3 Å². The Morgan fingerprint density at radius 1 is 1.58 bits per heavy atom. The van der Waals surface area contributed by atoms with E-state index >= 15 is 0 Å². The third-order valence-electron chi connectivity index (χ3n) is 4.64. The Hall–Kier alpha value is -1.13. The number of ether oxygens (including phenoxy) is 2. The van der Waals surface area contributed by atoms with Gasteiger partial charge in [-0.2, -0.15) is 0 Å². The number of carbonyl (C=O) groups is 1. The second kappa shape index (κ2) is 4.46. The summed E-state index contributed by atoms with van der Waals surface area (Å²) in [6.07, 6.45) is 5.29. The molecule has 2 aliphatic heterocycles. The average molecular weight is 264 g/mol. The Bertz CT molecular complexity index is 453. The molecule has 0 aromatic rings. The maximum Gasteiger partial charge on any atom is 0.334 e. The van der Waals surface area contributed by atoms with Crippen molar-refractivity contribution >= 4 is 5.97 Å². The van der Waals surface area contributed by atoms with E-state index in [0.29, 0.717) is 5.57 Å². The van der Waals surface area contributed by atoms with E-state index in [1.165, 1.54) is 0 Å². The summed E-state index contributed by atoms with van der Waals surface area (Å²) in [6.45, 7) is 6.01. The topological polar surface area (TPSA) is 59.1 Å². The molecule has 3 rings (SSSR count). The maximum atomic E-state index is 11.7. The molecule has 0 saturated carbocycles. The molecule has 19 heavy (non-hydrogen) atoms. The largest absolute Gasteiger partial charge is 0.455 e. The third-order valence-corrected chi connectivity index (χ3v) is 4.64. The van der Waals surface area contributed by atoms with E-state index in [9.17, 15) is 9.90 Å². The number of fused-ring (bicyclic) bond motifs is 3. The summed E-state index contributed by atoms with van der Waals surface area (Å²) in [5.74, 6) is -0.269. The molecule has 0 bridgehead atoms. The van der Waals surface area contributed by atoms with E-state index in [2.05, 4.69) is 19.6 Å². The van der Waals surface area contributed by atoms with E-state index in [1.807, 2.05) is 0 Å². The van der Waals surface area contributed by atoms with Gasteiger partial charge in [-0.1, -0.05) is 12.7 Å². The van der Waals surface area contributed by atoms with Gasteiger partial charge < -0.3 is 14.6 Å². The first-order valence-electron chi connectivity index (χ1n) is 6.91. The summed E-state index contributed by atoms with van der Waals surface area (Å²) in [5.41, 5.74) is 1.40. The molecule has 3 aliphatic rings. The smallest absolute Gasteiger partial charge is 0.334 e. The van der Waals surface area contributed by atoms with Gasteiger partial charge in [0.1, 0.15) is 12.2 Å². The van der Waals surface area contributed by atoms with Crippen LogP contribution in [-0.2, 0) is 14.3 Å². The van der Waals surface area contributed by atoms with Gasteiger partial charge in [0.2, 0.25) is 0 Å². The zero-order chi connectivity index (χ0) is 13.6. The van der Waals surface area contributed by atoms with E-state index < -0.39 is 0 Å². The van der Waals surface area contributed by atoms with Gasteiger partial charge in [-0.15, -0.1) is 0 Å². The van der Waals surface area contributed by atoms with Crippen LogP contribution >= 0.6 is 0 Å². The number of hydrogen-bond donors (Lipinski definition) is 1. The molecule has 4 atom stereocenters. The Labute approximate surface area is 113 Å². The van der Waals surface area contributed by atoms with Crippen molar-refractivity contribution in [3.8, 4) is 0 Å². The van der Waals surface area contributed by atoms with Gasteiger partial charge in [0, 0.05) is 11.5 Å². The van der Waals surface area contributed by atoms with Crippen molar-refractivity contribution in [3.05, 3.63) is 23.8 Å². The van der Waals surface area contributed by atoms with Crippen LogP contribution in [0.3, 0.4) is 0 Å². The Kier molecular flexibility index (Phi) is 3.02. The second-order valence-corrected chi connectivity index (χ2v) is 5.95. The standard InChI is InChI=1S/C15H20O4/c1-9-11-6-5-10(8-16)4-3-7-15(2)13(19-15)12(11)18-14(9)17/h4,11-13,16H,1,3,5-8H2,2H3/b10-4+/t11?,12-,13?,15+/m0/s1. The second-order valence-electron chi connectivity index (χ2n) is 5.95. The number of rotatable bonds is 1. The fourth-order valence-electron chi connectivity index (χ4n) is 3.26. The van der Waals surface area contributed by atoms with Crippen LogP contribution in [0.25, 0.3) is 0 Å². The van der Waals surface area contributed by atoms with Gasteiger partial charge >= 0.3 is 5.97 Å². The SMILES string of the molecule is C=C1C(=O)O[C@H]2C1CC/C(CO)=C\CC[C@@]1(C)OC21. The molecule has 0 aromatic heterocycles. The summed E-state index contributed by atoms with van der Waals surface area (Å²) >= 11 is 0. The maximum absolute atomic E-state index is 11.7. The lowest BCUT2D eigenvalue weighted by Crippen LogP contribution is -2.29. The zero-order valence-corrected chi connectivity index (χ0v) is 11.2. The van der Waals surface area contributed by atoms with Crippen molar-refractivity contribution in [1.29, 1.82) is 0 Å². The van der Waals surface area contributed by atoms with E-state index in [4.69, 9.17) is 9.47 Å². The highest BCUT2D eigenvalue weighted by molar-refractivity contribution is 5.91. The molecule has 1 N–H and O–H groups in total. The molecular weight excluding hydrogens is 244 g/mol. The number of esters is 1. The minimum atomic E-state index is -0.290. The summed E-state index contributed by atoms with van der Waals surface area (Å²) in [6, 6.07) is 0. The van der Waals surface area contributed by atoms with Gasteiger partial charge in [0.05, 0.1) is 12.2 Å². The Balaban J connectivity index is 1.86. The van der Waals surface area contributed by atoms with Gasteiger partial charge in [0.25, 0.3) is 0 Å². The fourth-order valence-corrected chi connectivity index (χ4v) is 3.26. The lowest BCUT2D eigenvalue weighted by molar-refractivity contribution is -0.140. The molecule has 0 spiro atoms.